The highest BCUT2D eigenvalue weighted by atomic mass is 16.5. The lowest BCUT2D eigenvalue weighted by atomic mass is 9.93. The molecule has 2 rings (SSSR count). The maximum Gasteiger partial charge on any atom is 0.109 e. The van der Waals surface area contributed by atoms with Crippen LogP contribution < -0.4 is 10.6 Å². The number of hydrogen-bond acceptors (Lipinski definition) is 3. The van der Waals surface area contributed by atoms with Gasteiger partial charge in [-0.15, -0.1) is 0 Å². The number of ether oxygens (including phenoxy) is 1. The van der Waals surface area contributed by atoms with Crippen molar-refractivity contribution in [1.29, 1.82) is 0 Å². The first kappa shape index (κ1) is 9.44. The zero-order valence-electron chi connectivity index (χ0n) is 8.44. The molecular formula is C10H20N2O. The maximum absolute atomic E-state index is 6.08. The van der Waals surface area contributed by atoms with Gasteiger partial charge in [0.25, 0.3) is 0 Å². The number of rotatable bonds is 2. The molecule has 0 radical (unpaired) electrons. The van der Waals surface area contributed by atoms with Crippen molar-refractivity contribution in [1.82, 2.24) is 10.6 Å². The lowest BCUT2D eigenvalue weighted by Gasteiger charge is -2.32. The van der Waals surface area contributed by atoms with Gasteiger partial charge in [0.1, 0.15) is 6.23 Å². The number of nitrogens with one attached hydrogen (secondary N) is 2. The zero-order chi connectivity index (χ0) is 9.15. The number of hydrogen-bond donors (Lipinski definition) is 2. The van der Waals surface area contributed by atoms with Crippen LogP contribution in [0.2, 0.25) is 0 Å². The summed E-state index contributed by atoms with van der Waals surface area (Å²) in [6.45, 7) is 5.48. The predicted molar refractivity (Wildman–Crippen MR) is 52.6 cm³/mol. The van der Waals surface area contributed by atoms with E-state index in [1.807, 2.05) is 0 Å². The van der Waals surface area contributed by atoms with Gasteiger partial charge in [-0.3, -0.25) is 5.32 Å². The molecule has 0 aliphatic carbocycles. The van der Waals surface area contributed by atoms with Crippen molar-refractivity contribution in [2.24, 2.45) is 0 Å². The molecule has 0 saturated carbocycles. The standard InChI is InChI=1S/C10H20N2O/c1-2-3-9-12-8-10(13-9)4-6-11-7-5-10/h9,11-12H,2-8H2,1H3. The van der Waals surface area contributed by atoms with E-state index >= 15 is 0 Å². The molecule has 2 saturated heterocycles. The number of piperidine rings is 1. The Labute approximate surface area is 80.2 Å². The van der Waals surface area contributed by atoms with E-state index < -0.39 is 0 Å². The van der Waals surface area contributed by atoms with Crippen LogP contribution in [0.4, 0.5) is 0 Å². The molecule has 2 aliphatic heterocycles. The third-order valence-corrected chi connectivity index (χ3v) is 3.11. The van der Waals surface area contributed by atoms with Gasteiger partial charge in [0, 0.05) is 6.54 Å². The van der Waals surface area contributed by atoms with Gasteiger partial charge in [0.2, 0.25) is 0 Å². The summed E-state index contributed by atoms with van der Waals surface area (Å²) < 4.78 is 6.08. The fraction of sp³-hybridized carbons (Fsp3) is 1.00. The molecule has 0 aromatic heterocycles. The molecule has 0 aromatic rings. The van der Waals surface area contributed by atoms with Crippen molar-refractivity contribution in [3.63, 3.8) is 0 Å². The Morgan fingerprint density at radius 1 is 1.38 bits per heavy atom. The van der Waals surface area contributed by atoms with E-state index in [4.69, 9.17) is 4.74 Å². The van der Waals surface area contributed by atoms with Crippen molar-refractivity contribution in [2.45, 2.75) is 44.4 Å². The van der Waals surface area contributed by atoms with E-state index in [-0.39, 0.29) is 5.60 Å². The molecule has 3 heteroatoms. The summed E-state index contributed by atoms with van der Waals surface area (Å²) in [7, 11) is 0. The van der Waals surface area contributed by atoms with Crippen LogP contribution in [0.3, 0.4) is 0 Å². The van der Waals surface area contributed by atoms with Crippen LogP contribution >= 0.6 is 0 Å². The molecule has 2 fully saturated rings. The smallest absolute Gasteiger partial charge is 0.109 e. The van der Waals surface area contributed by atoms with E-state index in [2.05, 4.69) is 17.6 Å². The van der Waals surface area contributed by atoms with Gasteiger partial charge in [0.05, 0.1) is 5.60 Å². The highest BCUT2D eigenvalue weighted by Gasteiger charge is 2.40. The highest BCUT2D eigenvalue weighted by molar-refractivity contribution is 4.93. The van der Waals surface area contributed by atoms with Gasteiger partial charge in [0.15, 0.2) is 0 Å². The molecule has 2 aliphatic rings. The Morgan fingerprint density at radius 3 is 2.85 bits per heavy atom. The molecule has 1 unspecified atom stereocenters. The fourth-order valence-corrected chi connectivity index (χ4v) is 2.29. The van der Waals surface area contributed by atoms with Crippen LogP contribution in [0.25, 0.3) is 0 Å². The Hall–Kier alpha value is -0.120. The van der Waals surface area contributed by atoms with Crippen LogP contribution in [0.5, 0.6) is 0 Å². The first-order valence-corrected chi connectivity index (χ1v) is 5.47. The fourth-order valence-electron chi connectivity index (χ4n) is 2.29. The maximum atomic E-state index is 6.08. The van der Waals surface area contributed by atoms with Crippen LogP contribution in [-0.2, 0) is 4.74 Å². The van der Waals surface area contributed by atoms with Crippen molar-refractivity contribution in [3.05, 3.63) is 0 Å². The van der Waals surface area contributed by atoms with Gasteiger partial charge in [-0.2, -0.15) is 0 Å². The predicted octanol–water partition coefficient (Wildman–Crippen LogP) is 0.855. The zero-order valence-corrected chi connectivity index (χ0v) is 8.44. The van der Waals surface area contributed by atoms with Gasteiger partial charge >= 0.3 is 0 Å². The lowest BCUT2D eigenvalue weighted by molar-refractivity contribution is -0.0586. The normalized spacial score (nSPS) is 32.5. The average molecular weight is 184 g/mol. The summed E-state index contributed by atoms with van der Waals surface area (Å²) >= 11 is 0. The summed E-state index contributed by atoms with van der Waals surface area (Å²) in [4.78, 5) is 0. The Balaban J connectivity index is 1.87. The molecule has 2 N–H and O–H groups in total. The van der Waals surface area contributed by atoms with Crippen LogP contribution in [0.1, 0.15) is 32.6 Å². The second kappa shape index (κ2) is 3.95. The van der Waals surface area contributed by atoms with E-state index in [9.17, 15) is 0 Å². The van der Waals surface area contributed by atoms with Gasteiger partial charge in [-0.25, -0.2) is 0 Å². The molecule has 1 atom stereocenters. The van der Waals surface area contributed by atoms with Crippen molar-refractivity contribution >= 4 is 0 Å². The lowest BCUT2D eigenvalue weighted by Crippen LogP contribution is -2.44. The molecule has 76 valence electrons. The Bertz CT molecular complexity index is 166. The van der Waals surface area contributed by atoms with Crippen molar-refractivity contribution in [2.75, 3.05) is 19.6 Å². The molecule has 1 spiro atoms. The van der Waals surface area contributed by atoms with Gasteiger partial charge in [-0.1, -0.05) is 13.3 Å². The molecule has 3 nitrogen and oxygen atoms in total. The van der Waals surface area contributed by atoms with E-state index in [0.717, 1.165) is 26.1 Å². The van der Waals surface area contributed by atoms with Crippen LogP contribution in [-0.4, -0.2) is 31.5 Å². The van der Waals surface area contributed by atoms with E-state index in [0.29, 0.717) is 6.23 Å². The summed E-state index contributed by atoms with van der Waals surface area (Å²) in [5.74, 6) is 0. The topological polar surface area (TPSA) is 33.3 Å². The van der Waals surface area contributed by atoms with E-state index in [1.54, 1.807) is 0 Å². The minimum Gasteiger partial charge on any atom is -0.355 e. The molecule has 2 heterocycles. The van der Waals surface area contributed by atoms with E-state index in [1.165, 1.54) is 19.3 Å². The van der Waals surface area contributed by atoms with Crippen molar-refractivity contribution in [3.8, 4) is 0 Å². The Morgan fingerprint density at radius 2 is 2.15 bits per heavy atom. The first-order valence-electron chi connectivity index (χ1n) is 5.47. The monoisotopic (exact) mass is 184 g/mol. The third-order valence-electron chi connectivity index (χ3n) is 3.11. The van der Waals surface area contributed by atoms with Gasteiger partial charge in [-0.05, 0) is 32.4 Å². The highest BCUT2D eigenvalue weighted by Crippen LogP contribution is 2.29. The SMILES string of the molecule is CCCC1NCC2(CCNCC2)O1. The molecule has 0 bridgehead atoms. The Kier molecular flexibility index (Phi) is 2.86. The quantitative estimate of drug-likeness (QED) is 0.667. The summed E-state index contributed by atoms with van der Waals surface area (Å²) in [6, 6.07) is 0. The average Bonchev–Trinajstić information content (AvgIpc) is 2.51. The first-order chi connectivity index (χ1) is 6.35. The second-order valence-corrected chi connectivity index (χ2v) is 4.21. The molecule has 0 amide bonds. The minimum atomic E-state index is 0.172. The van der Waals surface area contributed by atoms with Crippen LogP contribution in [0, 0.1) is 0 Å². The summed E-state index contributed by atoms with van der Waals surface area (Å²) in [6.07, 6.45) is 5.00. The third kappa shape index (κ3) is 2.03. The second-order valence-electron chi connectivity index (χ2n) is 4.21. The van der Waals surface area contributed by atoms with Crippen molar-refractivity contribution < 1.29 is 4.74 Å². The minimum absolute atomic E-state index is 0.172. The summed E-state index contributed by atoms with van der Waals surface area (Å²) in [5.41, 5.74) is 0.172. The largest absolute Gasteiger partial charge is 0.355 e. The van der Waals surface area contributed by atoms with Crippen LogP contribution in [0.15, 0.2) is 0 Å². The van der Waals surface area contributed by atoms with Gasteiger partial charge < -0.3 is 10.1 Å². The summed E-state index contributed by atoms with van der Waals surface area (Å²) in [5, 5.41) is 6.84. The molecule has 13 heavy (non-hydrogen) atoms. The molecule has 0 aromatic carbocycles. The molecular weight excluding hydrogens is 164 g/mol.